The summed E-state index contributed by atoms with van der Waals surface area (Å²) in [5.41, 5.74) is 0. The van der Waals surface area contributed by atoms with Crippen LogP contribution in [0.5, 0.6) is 0 Å². The Balaban J connectivity index is 1.87. The molecule has 6 nitrogen and oxygen atoms in total. The van der Waals surface area contributed by atoms with Crippen LogP contribution in [0, 0.1) is 0 Å². The summed E-state index contributed by atoms with van der Waals surface area (Å²) >= 11 is 0. The molecule has 2 aliphatic rings. The third kappa shape index (κ3) is 4.18. The lowest BCUT2D eigenvalue weighted by molar-refractivity contribution is -0.0388. The molecule has 0 amide bonds. The molecule has 2 heterocycles. The van der Waals surface area contributed by atoms with Crippen LogP contribution < -0.4 is 4.72 Å². The smallest absolute Gasteiger partial charge is 0.209 e. The fraction of sp³-hybridized carbons (Fsp3) is 1.00. The fourth-order valence-electron chi connectivity index (χ4n) is 2.39. The predicted molar refractivity (Wildman–Crippen MR) is 63.4 cm³/mol. The van der Waals surface area contributed by atoms with E-state index in [4.69, 9.17) is 9.47 Å². The van der Waals surface area contributed by atoms with Crippen molar-refractivity contribution in [3.8, 4) is 0 Å². The zero-order valence-corrected chi connectivity index (χ0v) is 10.9. The quantitative estimate of drug-likeness (QED) is 0.710. The van der Waals surface area contributed by atoms with Crippen molar-refractivity contribution in [1.29, 1.82) is 0 Å². The molecule has 7 heteroatoms. The maximum Gasteiger partial charge on any atom is 0.209 e. The molecule has 0 aromatic carbocycles. The van der Waals surface area contributed by atoms with Crippen molar-refractivity contribution in [1.82, 2.24) is 9.62 Å². The number of rotatable bonds is 3. The van der Waals surface area contributed by atoms with Crippen molar-refractivity contribution in [2.24, 2.45) is 0 Å². The molecule has 0 radical (unpaired) electrons. The first-order chi connectivity index (χ1) is 8.04. The minimum Gasteiger partial charge on any atom is -0.379 e. The van der Waals surface area contributed by atoms with Crippen LogP contribution in [-0.4, -0.2) is 71.2 Å². The van der Waals surface area contributed by atoms with Gasteiger partial charge >= 0.3 is 0 Å². The monoisotopic (exact) mass is 264 g/mol. The van der Waals surface area contributed by atoms with Crippen molar-refractivity contribution < 1.29 is 17.9 Å². The van der Waals surface area contributed by atoms with Crippen molar-refractivity contribution >= 4 is 10.0 Å². The highest BCUT2D eigenvalue weighted by atomic mass is 32.2. The molecule has 0 aliphatic carbocycles. The first kappa shape index (κ1) is 13.2. The van der Waals surface area contributed by atoms with Crippen LogP contribution in [0.25, 0.3) is 0 Å². The molecule has 0 bridgehead atoms. The maximum absolute atomic E-state index is 11.2. The first-order valence-electron chi connectivity index (χ1n) is 5.91. The van der Waals surface area contributed by atoms with Gasteiger partial charge in [0.2, 0.25) is 10.0 Å². The van der Waals surface area contributed by atoms with Gasteiger partial charge in [0, 0.05) is 25.2 Å². The molecule has 0 spiro atoms. The molecule has 100 valence electrons. The molecule has 0 aromatic heterocycles. The van der Waals surface area contributed by atoms with E-state index in [9.17, 15) is 8.42 Å². The number of morpholine rings is 1. The van der Waals surface area contributed by atoms with Crippen LogP contribution in [0.4, 0.5) is 0 Å². The molecule has 2 saturated heterocycles. The van der Waals surface area contributed by atoms with Crippen molar-refractivity contribution in [2.75, 3.05) is 45.8 Å². The van der Waals surface area contributed by atoms with E-state index in [-0.39, 0.29) is 6.04 Å². The Morgan fingerprint density at radius 2 is 1.88 bits per heavy atom. The SMILES string of the molecule is CS(=O)(=O)N[C@@H]1COC[C@H](N2CCOCC2)C1. The Kier molecular flexibility index (Phi) is 4.37. The average molecular weight is 264 g/mol. The van der Waals surface area contributed by atoms with Crippen LogP contribution in [0.2, 0.25) is 0 Å². The summed E-state index contributed by atoms with van der Waals surface area (Å²) in [5.74, 6) is 0. The Morgan fingerprint density at radius 3 is 2.53 bits per heavy atom. The highest BCUT2D eigenvalue weighted by Crippen LogP contribution is 2.15. The third-order valence-corrected chi connectivity index (χ3v) is 3.89. The summed E-state index contributed by atoms with van der Waals surface area (Å²) < 4.78 is 35.8. The van der Waals surface area contributed by atoms with Crippen molar-refractivity contribution in [3.63, 3.8) is 0 Å². The van der Waals surface area contributed by atoms with E-state index in [0.29, 0.717) is 19.3 Å². The Hall–Kier alpha value is -0.210. The van der Waals surface area contributed by atoms with Gasteiger partial charge < -0.3 is 9.47 Å². The van der Waals surface area contributed by atoms with E-state index in [2.05, 4.69) is 9.62 Å². The van der Waals surface area contributed by atoms with Crippen LogP contribution >= 0.6 is 0 Å². The molecular weight excluding hydrogens is 244 g/mol. The molecule has 2 atom stereocenters. The highest BCUT2D eigenvalue weighted by Gasteiger charge is 2.29. The number of ether oxygens (including phenoxy) is 2. The lowest BCUT2D eigenvalue weighted by Gasteiger charge is -2.39. The van der Waals surface area contributed by atoms with Gasteiger partial charge in [-0.25, -0.2) is 13.1 Å². The lowest BCUT2D eigenvalue weighted by atomic mass is 10.0. The third-order valence-electron chi connectivity index (χ3n) is 3.13. The maximum atomic E-state index is 11.2. The molecule has 0 aromatic rings. The molecular formula is C10H20N2O4S. The van der Waals surface area contributed by atoms with Crippen molar-refractivity contribution in [3.05, 3.63) is 0 Å². The second kappa shape index (κ2) is 5.62. The fourth-order valence-corrected chi connectivity index (χ4v) is 3.16. The number of hydrogen-bond acceptors (Lipinski definition) is 5. The summed E-state index contributed by atoms with van der Waals surface area (Å²) in [6, 6.07) is 0.193. The molecule has 17 heavy (non-hydrogen) atoms. The summed E-state index contributed by atoms with van der Waals surface area (Å²) in [6.45, 7) is 4.45. The Bertz CT molecular complexity index is 340. The topological polar surface area (TPSA) is 67.9 Å². The van der Waals surface area contributed by atoms with Crippen LogP contribution in [-0.2, 0) is 19.5 Å². The van der Waals surface area contributed by atoms with Gasteiger partial charge in [0.25, 0.3) is 0 Å². The van der Waals surface area contributed by atoms with Gasteiger partial charge in [-0.2, -0.15) is 0 Å². The second-order valence-electron chi connectivity index (χ2n) is 4.66. The molecule has 0 saturated carbocycles. The summed E-state index contributed by atoms with van der Waals surface area (Å²) in [7, 11) is -3.15. The minimum atomic E-state index is -3.15. The standard InChI is InChI=1S/C10H20N2O4S/c1-17(13,14)11-9-6-10(8-16-7-9)12-2-4-15-5-3-12/h9-11H,2-8H2,1H3/t9-,10+/m0/s1. The van der Waals surface area contributed by atoms with E-state index < -0.39 is 10.0 Å². The Morgan fingerprint density at radius 1 is 1.18 bits per heavy atom. The Labute approximate surface area is 102 Å². The molecule has 1 N–H and O–H groups in total. The second-order valence-corrected chi connectivity index (χ2v) is 6.44. The summed E-state index contributed by atoms with van der Waals surface area (Å²) in [4.78, 5) is 2.32. The molecule has 0 unspecified atom stereocenters. The molecule has 2 rings (SSSR count). The number of nitrogens with one attached hydrogen (secondary N) is 1. The summed E-state index contributed by atoms with van der Waals surface area (Å²) in [5, 5.41) is 0. The zero-order chi connectivity index (χ0) is 12.3. The van der Waals surface area contributed by atoms with Gasteiger partial charge in [0.15, 0.2) is 0 Å². The zero-order valence-electron chi connectivity index (χ0n) is 10.1. The normalized spacial score (nSPS) is 32.5. The summed E-state index contributed by atoms with van der Waals surface area (Å²) in [6.07, 6.45) is 2.00. The number of nitrogens with zero attached hydrogens (tertiary/aromatic N) is 1. The van der Waals surface area contributed by atoms with Gasteiger partial charge in [-0.05, 0) is 6.42 Å². The van der Waals surface area contributed by atoms with E-state index in [1.165, 1.54) is 6.26 Å². The number of sulfonamides is 1. The minimum absolute atomic E-state index is 0.105. The molecule has 2 fully saturated rings. The van der Waals surface area contributed by atoms with Gasteiger partial charge in [-0.1, -0.05) is 0 Å². The van der Waals surface area contributed by atoms with Gasteiger partial charge in [-0.15, -0.1) is 0 Å². The van der Waals surface area contributed by atoms with E-state index in [1.807, 2.05) is 0 Å². The lowest BCUT2D eigenvalue weighted by Crippen LogP contribution is -2.53. The number of hydrogen-bond donors (Lipinski definition) is 1. The van der Waals surface area contributed by atoms with Crippen LogP contribution in [0.15, 0.2) is 0 Å². The molecule has 2 aliphatic heterocycles. The highest BCUT2D eigenvalue weighted by molar-refractivity contribution is 7.88. The van der Waals surface area contributed by atoms with Gasteiger partial charge in [-0.3, -0.25) is 4.90 Å². The van der Waals surface area contributed by atoms with Crippen LogP contribution in [0.3, 0.4) is 0 Å². The van der Waals surface area contributed by atoms with E-state index in [1.54, 1.807) is 0 Å². The van der Waals surface area contributed by atoms with Crippen LogP contribution in [0.1, 0.15) is 6.42 Å². The largest absolute Gasteiger partial charge is 0.379 e. The van der Waals surface area contributed by atoms with Gasteiger partial charge in [0.1, 0.15) is 0 Å². The van der Waals surface area contributed by atoms with E-state index in [0.717, 1.165) is 32.7 Å². The van der Waals surface area contributed by atoms with Gasteiger partial charge in [0.05, 0.1) is 32.7 Å². The van der Waals surface area contributed by atoms with E-state index >= 15 is 0 Å². The first-order valence-corrected chi connectivity index (χ1v) is 7.80. The predicted octanol–water partition coefficient (Wildman–Crippen LogP) is -0.975. The van der Waals surface area contributed by atoms with Crippen molar-refractivity contribution in [2.45, 2.75) is 18.5 Å². The average Bonchev–Trinajstić information content (AvgIpc) is 2.28.